The molecule has 18 heavy (non-hydrogen) atoms. The first-order valence-electron chi connectivity index (χ1n) is 6.66. The second-order valence-electron chi connectivity index (χ2n) is 5.14. The lowest BCUT2D eigenvalue weighted by Gasteiger charge is -2.34. The molecule has 0 saturated carbocycles. The first-order chi connectivity index (χ1) is 8.42. The van der Waals surface area contributed by atoms with Crippen LogP contribution < -0.4 is 11.1 Å². The summed E-state index contributed by atoms with van der Waals surface area (Å²) in [6, 6.07) is 0.585. The second kappa shape index (κ2) is 9.30. The van der Waals surface area contributed by atoms with Gasteiger partial charge < -0.3 is 15.8 Å². The molecule has 0 saturated heterocycles. The number of methoxy groups -OCH3 is 1. The van der Waals surface area contributed by atoms with Crippen molar-refractivity contribution in [3.63, 3.8) is 0 Å². The van der Waals surface area contributed by atoms with Crippen LogP contribution in [0.3, 0.4) is 0 Å². The number of carbonyl (C=O) groups excluding carboxylic acids is 1. The van der Waals surface area contributed by atoms with Gasteiger partial charge in [-0.25, -0.2) is 0 Å². The average molecular weight is 259 g/mol. The van der Waals surface area contributed by atoms with E-state index in [2.05, 4.69) is 24.1 Å². The lowest BCUT2D eigenvalue weighted by Crippen LogP contribution is -2.49. The third-order valence-electron chi connectivity index (χ3n) is 2.83. The number of amides is 1. The summed E-state index contributed by atoms with van der Waals surface area (Å²) in [5.41, 5.74) is 5.80. The summed E-state index contributed by atoms with van der Waals surface area (Å²) in [7, 11) is 1.68. The molecular weight excluding hydrogens is 230 g/mol. The summed E-state index contributed by atoms with van der Waals surface area (Å²) >= 11 is 0. The Morgan fingerprint density at radius 3 is 2.33 bits per heavy atom. The van der Waals surface area contributed by atoms with E-state index in [4.69, 9.17) is 10.5 Å². The number of hydrogen-bond acceptors (Lipinski definition) is 4. The van der Waals surface area contributed by atoms with Crippen molar-refractivity contribution in [2.24, 2.45) is 5.73 Å². The number of hydrogen-bond donors (Lipinski definition) is 2. The van der Waals surface area contributed by atoms with Crippen LogP contribution in [-0.2, 0) is 9.53 Å². The normalized spacial score (nSPS) is 13.4. The molecule has 0 aliphatic rings. The summed E-state index contributed by atoms with van der Waals surface area (Å²) in [4.78, 5) is 14.0. The molecule has 0 aromatic carbocycles. The zero-order valence-electron chi connectivity index (χ0n) is 12.4. The van der Waals surface area contributed by atoms with Crippen molar-refractivity contribution in [3.05, 3.63) is 0 Å². The Hall–Kier alpha value is -0.650. The van der Waals surface area contributed by atoms with Crippen molar-refractivity contribution in [1.82, 2.24) is 10.2 Å². The molecule has 0 fully saturated rings. The van der Waals surface area contributed by atoms with Crippen molar-refractivity contribution in [1.29, 1.82) is 0 Å². The van der Waals surface area contributed by atoms with E-state index in [1.54, 1.807) is 7.11 Å². The Kier molecular flexibility index (Phi) is 8.97. The summed E-state index contributed by atoms with van der Waals surface area (Å²) in [5.74, 6) is 0.0588. The van der Waals surface area contributed by atoms with E-state index < -0.39 is 0 Å². The molecule has 1 unspecified atom stereocenters. The van der Waals surface area contributed by atoms with Gasteiger partial charge in [0.05, 0.1) is 6.61 Å². The maximum absolute atomic E-state index is 11.8. The molecule has 1 amide bonds. The number of nitrogens with two attached hydrogens (primary N) is 1. The second-order valence-corrected chi connectivity index (χ2v) is 5.14. The zero-order chi connectivity index (χ0) is 14.1. The van der Waals surface area contributed by atoms with E-state index in [1.807, 2.05) is 13.8 Å². The van der Waals surface area contributed by atoms with Crippen LogP contribution in [0.5, 0.6) is 0 Å². The van der Waals surface area contributed by atoms with Gasteiger partial charge in [-0.15, -0.1) is 0 Å². The number of rotatable bonds is 9. The van der Waals surface area contributed by atoms with E-state index >= 15 is 0 Å². The molecule has 0 radical (unpaired) electrons. The Morgan fingerprint density at radius 1 is 1.33 bits per heavy atom. The van der Waals surface area contributed by atoms with Gasteiger partial charge in [0.1, 0.15) is 0 Å². The molecule has 0 heterocycles. The van der Waals surface area contributed by atoms with Crippen LogP contribution in [0, 0.1) is 0 Å². The van der Waals surface area contributed by atoms with Crippen LogP contribution in [-0.4, -0.2) is 55.7 Å². The van der Waals surface area contributed by atoms with Crippen LogP contribution in [0.2, 0.25) is 0 Å². The Morgan fingerprint density at radius 2 is 1.94 bits per heavy atom. The van der Waals surface area contributed by atoms with Crippen LogP contribution in [0.25, 0.3) is 0 Å². The van der Waals surface area contributed by atoms with Gasteiger partial charge in [-0.3, -0.25) is 9.69 Å². The number of nitrogens with one attached hydrogen (secondary N) is 1. The minimum absolute atomic E-state index is 0.0588. The first kappa shape index (κ1) is 17.4. The topological polar surface area (TPSA) is 67.6 Å². The van der Waals surface area contributed by atoms with E-state index in [0.29, 0.717) is 25.6 Å². The SMILES string of the molecule is COCCN(C(C)C)C(CN)CC(=O)NC(C)C. The summed E-state index contributed by atoms with van der Waals surface area (Å²) in [5, 5.41) is 2.91. The first-order valence-corrected chi connectivity index (χ1v) is 6.66. The fraction of sp³-hybridized carbons (Fsp3) is 0.923. The monoisotopic (exact) mass is 259 g/mol. The predicted octanol–water partition coefficient (Wildman–Crippen LogP) is 0.585. The van der Waals surface area contributed by atoms with Gasteiger partial charge in [0.15, 0.2) is 0 Å². The standard InChI is InChI=1S/C13H29N3O2/c1-10(2)15-13(17)8-12(9-14)16(11(3)4)6-7-18-5/h10-12H,6-9,14H2,1-5H3,(H,15,17). The Bertz CT molecular complexity index is 232. The number of ether oxygens (including phenoxy) is 1. The van der Waals surface area contributed by atoms with Crippen molar-refractivity contribution >= 4 is 5.91 Å². The van der Waals surface area contributed by atoms with E-state index in [9.17, 15) is 4.79 Å². The van der Waals surface area contributed by atoms with E-state index in [0.717, 1.165) is 6.54 Å². The fourth-order valence-corrected chi connectivity index (χ4v) is 1.99. The predicted molar refractivity (Wildman–Crippen MR) is 74.5 cm³/mol. The van der Waals surface area contributed by atoms with E-state index in [1.165, 1.54) is 0 Å². The quantitative estimate of drug-likeness (QED) is 0.636. The maximum atomic E-state index is 11.8. The van der Waals surface area contributed by atoms with Crippen molar-refractivity contribution in [2.45, 2.75) is 52.2 Å². The highest BCUT2D eigenvalue weighted by molar-refractivity contribution is 5.76. The molecule has 0 aromatic rings. The highest BCUT2D eigenvalue weighted by atomic mass is 16.5. The Labute approximate surface area is 111 Å². The third-order valence-corrected chi connectivity index (χ3v) is 2.83. The molecule has 0 spiro atoms. The molecule has 0 aliphatic heterocycles. The summed E-state index contributed by atoms with van der Waals surface area (Å²) < 4.78 is 5.10. The minimum Gasteiger partial charge on any atom is -0.383 e. The summed E-state index contributed by atoms with van der Waals surface area (Å²) in [6.07, 6.45) is 0.441. The zero-order valence-corrected chi connectivity index (χ0v) is 12.4. The van der Waals surface area contributed by atoms with Gasteiger partial charge >= 0.3 is 0 Å². The van der Waals surface area contributed by atoms with Crippen LogP contribution in [0.1, 0.15) is 34.1 Å². The van der Waals surface area contributed by atoms with Gasteiger partial charge in [-0.2, -0.15) is 0 Å². The molecule has 0 aliphatic carbocycles. The van der Waals surface area contributed by atoms with Crippen molar-refractivity contribution in [3.8, 4) is 0 Å². The molecule has 0 bridgehead atoms. The smallest absolute Gasteiger partial charge is 0.221 e. The van der Waals surface area contributed by atoms with Gasteiger partial charge in [-0.05, 0) is 27.7 Å². The minimum atomic E-state index is 0.0588. The molecule has 5 heteroatoms. The summed E-state index contributed by atoms with van der Waals surface area (Å²) in [6.45, 7) is 10.1. The molecule has 0 aromatic heterocycles. The van der Waals surface area contributed by atoms with Gasteiger partial charge in [-0.1, -0.05) is 0 Å². The van der Waals surface area contributed by atoms with Gasteiger partial charge in [0.25, 0.3) is 0 Å². The molecule has 1 atom stereocenters. The highest BCUT2D eigenvalue weighted by Crippen LogP contribution is 2.08. The van der Waals surface area contributed by atoms with Crippen molar-refractivity contribution in [2.75, 3.05) is 26.8 Å². The molecule has 0 rings (SSSR count). The maximum Gasteiger partial charge on any atom is 0.221 e. The highest BCUT2D eigenvalue weighted by Gasteiger charge is 2.22. The van der Waals surface area contributed by atoms with Gasteiger partial charge in [0.2, 0.25) is 5.91 Å². The largest absolute Gasteiger partial charge is 0.383 e. The van der Waals surface area contributed by atoms with Gasteiger partial charge in [0, 0.05) is 44.7 Å². The number of nitrogens with zero attached hydrogens (tertiary/aromatic N) is 1. The lowest BCUT2D eigenvalue weighted by molar-refractivity contribution is -0.123. The Balaban J connectivity index is 4.44. The number of carbonyl (C=O) groups is 1. The van der Waals surface area contributed by atoms with E-state index in [-0.39, 0.29) is 18.0 Å². The van der Waals surface area contributed by atoms with Crippen molar-refractivity contribution < 1.29 is 9.53 Å². The molecule has 3 N–H and O–H groups in total. The van der Waals surface area contributed by atoms with Crippen LogP contribution in [0.4, 0.5) is 0 Å². The molecule has 5 nitrogen and oxygen atoms in total. The fourth-order valence-electron chi connectivity index (χ4n) is 1.99. The average Bonchev–Trinajstić information content (AvgIpc) is 2.26. The van der Waals surface area contributed by atoms with Crippen LogP contribution in [0.15, 0.2) is 0 Å². The molecular formula is C13H29N3O2. The van der Waals surface area contributed by atoms with Crippen LogP contribution >= 0.6 is 0 Å². The lowest BCUT2D eigenvalue weighted by atomic mass is 10.1. The third kappa shape index (κ3) is 6.93. The molecule has 108 valence electrons.